The number of hydrogen-bond donors (Lipinski definition) is 1. The molecule has 0 rings (SSSR count). The normalized spacial score (nSPS) is 15.5. The van der Waals surface area contributed by atoms with Crippen molar-refractivity contribution in [1.29, 1.82) is 0 Å². The first-order valence-electron chi connectivity index (χ1n) is 4.56. The zero-order valence-electron chi connectivity index (χ0n) is 9.56. The summed E-state index contributed by atoms with van der Waals surface area (Å²) in [6, 6.07) is 0. The predicted octanol–water partition coefficient (Wildman–Crippen LogP) is 3.16. The van der Waals surface area contributed by atoms with Crippen LogP contribution in [0.25, 0.3) is 0 Å². The molecule has 0 saturated heterocycles. The van der Waals surface area contributed by atoms with Crippen LogP contribution in [0.4, 0.5) is 0 Å². The van der Waals surface area contributed by atoms with Crippen LogP contribution in [0.3, 0.4) is 0 Å². The highest BCUT2D eigenvalue weighted by Crippen LogP contribution is 2.33. The molecule has 0 radical (unpaired) electrons. The van der Waals surface area contributed by atoms with Gasteiger partial charge in [0.2, 0.25) is 0 Å². The van der Waals surface area contributed by atoms with Crippen molar-refractivity contribution in [2.24, 2.45) is 11.3 Å². The summed E-state index contributed by atoms with van der Waals surface area (Å²) in [5.41, 5.74) is 2.47. The van der Waals surface area contributed by atoms with Gasteiger partial charge in [-0.15, -0.1) is 0 Å². The lowest BCUT2D eigenvalue weighted by Gasteiger charge is -2.25. The second-order valence-corrected chi connectivity index (χ2v) is 4.27. The third-order valence-electron chi connectivity index (χ3n) is 2.11. The molecule has 0 saturated carbocycles. The molecule has 0 aliphatic rings. The maximum absolute atomic E-state index is 5.18. The first kappa shape index (κ1) is 12.2. The van der Waals surface area contributed by atoms with Gasteiger partial charge >= 0.3 is 0 Å². The van der Waals surface area contributed by atoms with Crippen LogP contribution >= 0.6 is 0 Å². The molecule has 0 spiro atoms. The molecule has 0 aromatic heterocycles. The Kier molecular flexibility index (Phi) is 4.21. The molecule has 2 heteroatoms. The van der Waals surface area contributed by atoms with Crippen molar-refractivity contribution in [2.75, 3.05) is 0 Å². The minimum atomic E-state index is 0.0695. The van der Waals surface area contributed by atoms with Crippen molar-refractivity contribution in [3.05, 3.63) is 23.0 Å². The summed E-state index contributed by atoms with van der Waals surface area (Å²) in [4.78, 5) is 4.80. The van der Waals surface area contributed by atoms with E-state index in [1.165, 1.54) is 11.1 Å². The third-order valence-corrected chi connectivity index (χ3v) is 2.11. The van der Waals surface area contributed by atoms with E-state index in [1.54, 1.807) is 0 Å². The highest BCUT2D eigenvalue weighted by atomic mass is 16.6. The maximum Gasteiger partial charge on any atom is 0.124 e. The van der Waals surface area contributed by atoms with Crippen molar-refractivity contribution in [3.63, 3.8) is 0 Å². The largest absolute Gasteiger partial charge is 0.416 e. The molecule has 0 aromatic carbocycles. The lowest BCUT2D eigenvalue weighted by Crippen LogP contribution is -2.15. The van der Waals surface area contributed by atoms with E-state index in [0.29, 0.717) is 0 Å². The summed E-state index contributed by atoms with van der Waals surface area (Å²) < 4.78 is 0. The number of rotatable bonds is 2. The van der Waals surface area contributed by atoms with Gasteiger partial charge in [-0.05, 0) is 31.8 Å². The van der Waals surface area contributed by atoms with Crippen LogP contribution in [0.1, 0.15) is 41.5 Å². The minimum absolute atomic E-state index is 0.0695. The molecule has 0 fully saturated rings. The summed E-state index contributed by atoms with van der Waals surface area (Å²) in [7, 11) is 0. The number of nitrogens with two attached hydrogens (primary N) is 1. The maximum atomic E-state index is 5.18. The fraction of sp³-hybridized carbons (Fsp3) is 0.636. The van der Waals surface area contributed by atoms with E-state index < -0.39 is 0 Å². The van der Waals surface area contributed by atoms with Crippen LogP contribution in [-0.2, 0) is 4.84 Å². The SMILES string of the molecule is C/C=C(C)\C(=C(\C)ON)C(C)(C)C. The quantitative estimate of drug-likeness (QED) is 0.405. The second-order valence-electron chi connectivity index (χ2n) is 4.27. The first-order chi connectivity index (χ1) is 5.84. The number of hydrogen-bond acceptors (Lipinski definition) is 2. The van der Waals surface area contributed by atoms with E-state index in [2.05, 4.69) is 33.8 Å². The van der Waals surface area contributed by atoms with E-state index in [0.717, 1.165) is 5.76 Å². The molecule has 13 heavy (non-hydrogen) atoms. The van der Waals surface area contributed by atoms with E-state index in [-0.39, 0.29) is 5.41 Å². The van der Waals surface area contributed by atoms with E-state index >= 15 is 0 Å². The van der Waals surface area contributed by atoms with Crippen molar-refractivity contribution in [2.45, 2.75) is 41.5 Å². The second kappa shape index (κ2) is 4.47. The van der Waals surface area contributed by atoms with Gasteiger partial charge in [-0.3, -0.25) is 0 Å². The molecule has 0 atom stereocenters. The molecule has 0 bridgehead atoms. The Bertz CT molecular complexity index is 231. The minimum Gasteiger partial charge on any atom is -0.416 e. The highest BCUT2D eigenvalue weighted by Gasteiger charge is 2.21. The average Bonchev–Trinajstić information content (AvgIpc) is 2.01. The molecule has 0 amide bonds. The Morgan fingerprint density at radius 3 is 1.92 bits per heavy atom. The molecule has 2 N–H and O–H groups in total. The summed E-state index contributed by atoms with van der Waals surface area (Å²) in [5.74, 6) is 5.97. The molecule has 2 nitrogen and oxygen atoms in total. The molecule has 0 aliphatic heterocycles. The monoisotopic (exact) mass is 183 g/mol. The van der Waals surface area contributed by atoms with Gasteiger partial charge in [0.1, 0.15) is 5.76 Å². The Hall–Kier alpha value is -0.760. The van der Waals surface area contributed by atoms with Crippen LogP contribution in [0.15, 0.2) is 23.0 Å². The topological polar surface area (TPSA) is 35.2 Å². The zero-order chi connectivity index (χ0) is 10.6. The van der Waals surface area contributed by atoms with Crippen molar-refractivity contribution >= 4 is 0 Å². The van der Waals surface area contributed by atoms with E-state index in [4.69, 9.17) is 10.7 Å². The fourth-order valence-corrected chi connectivity index (χ4v) is 1.60. The van der Waals surface area contributed by atoms with Gasteiger partial charge in [0.25, 0.3) is 0 Å². The molecular formula is C11H21NO. The van der Waals surface area contributed by atoms with Gasteiger partial charge in [0.15, 0.2) is 0 Å². The van der Waals surface area contributed by atoms with Crippen molar-refractivity contribution < 1.29 is 4.84 Å². The van der Waals surface area contributed by atoms with E-state index in [1.807, 2.05) is 13.8 Å². The summed E-state index contributed by atoms with van der Waals surface area (Å²) in [5, 5.41) is 0. The Balaban J connectivity index is 5.24. The third kappa shape index (κ3) is 3.23. The van der Waals surface area contributed by atoms with Crippen molar-refractivity contribution in [1.82, 2.24) is 0 Å². The van der Waals surface area contributed by atoms with Gasteiger partial charge in [0.05, 0.1) is 0 Å². The first-order valence-corrected chi connectivity index (χ1v) is 4.56. The zero-order valence-corrected chi connectivity index (χ0v) is 9.56. The Labute approximate surface area is 81.4 Å². The Morgan fingerprint density at radius 1 is 1.23 bits per heavy atom. The van der Waals surface area contributed by atoms with Gasteiger partial charge in [0, 0.05) is 5.57 Å². The van der Waals surface area contributed by atoms with Crippen LogP contribution in [0, 0.1) is 5.41 Å². The molecule has 76 valence electrons. The summed E-state index contributed by atoms with van der Waals surface area (Å²) in [6.45, 7) is 12.4. The van der Waals surface area contributed by atoms with Gasteiger partial charge in [-0.25, -0.2) is 0 Å². The summed E-state index contributed by atoms with van der Waals surface area (Å²) in [6.07, 6.45) is 2.07. The van der Waals surface area contributed by atoms with Crippen molar-refractivity contribution in [3.8, 4) is 0 Å². The molecule has 0 unspecified atom stereocenters. The number of allylic oxidation sites excluding steroid dienone is 4. The Morgan fingerprint density at radius 2 is 1.69 bits per heavy atom. The van der Waals surface area contributed by atoms with Crippen LogP contribution in [0.5, 0.6) is 0 Å². The molecular weight excluding hydrogens is 162 g/mol. The van der Waals surface area contributed by atoms with E-state index in [9.17, 15) is 0 Å². The lowest BCUT2D eigenvalue weighted by molar-refractivity contribution is 0.212. The predicted molar refractivity (Wildman–Crippen MR) is 56.9 cm³/mol. The van der Waals surface area contributed by atoms with Crippen LogP contribution in [0.2, 0.25) is 0 Å². The van der Waals surface area contributed by atoms with Gasteiger partial charge < -0.3 is 4.84 Å². The molecule has 0 aromatic rings. The molecule has 0 heterocycles. The van der Waals surface area contributed by atoms with Gasteiger partial charge in [-0.1, -0.05) is 26.8 Å². The highest BCUT2D eigenvalue weighted by molar-refractivity contribution is 5.35. The average molecular weight is 183 g/mol. The lowest BCUT2D eigenvalue weighted by atomic mass is 9.81. The smallest absolute Gasteiger partial charge is 0.124 e. The van der Waals surface area contributed by atoms with Gasteiger partial charge in [-0.2, -0.15) is 5.90 Å². The van der Waals surface area contributed by atoms with Crippen LogP contribution in [-0.4, -0.2) is 0 Å². The molecule has 0 aliphatic carbocycles. The summed E-state index contributed by atoms with van der Waals surface area (Å²) >= 11 is 0. The van der Waals surface area contributed by atoms with Crippen LogP contribution < -0.4 is 5.90 Å². The standard InChI is InChI=1S/C11H21NO/c1-7-8(2)10(9(3)13-12)11(4,5)6/h7H,12H2,1-6H3/b8-7-,10-9+. The fourth-order valence-electron chi connectivity index (χ4n) is 1.60.